The van der Waals surface area contributed by atoms with E-state index < -0.39 is 17.1 Å². The largest absolute Gasteiger partial charge is 0.350 e. The van der Waals surface area contributed by atoms with Gasteiger partial charge in [-0.25, -0.2) is 0 Å². The number of nitrogens with zero attached hydrogens (tertiary/aromatic N) is 2. The second-order valence-corrected chi connectivity index (χ2v) is 8.40. The van der Waals surface area contributed by atoms with E-state index in [-0.39, 0.29) is 6.54 Å². The maximum atomic E-state index is 12.8. The molecule has 1 saturated heterocycles. The zero-order chi connectivity index (χ0) is 21.4. The van der Waals surface area contributed by atoms with Crippen LogP contribution in [0.5, 0.6) is 0 Å². The van der Waals surface area contributed by atoms with Gasteiger partial charge in [-0.15, -0.1) is 0 Å². The van der Waals surface area contributed by atoms with Crippen LogP contribution in [0.1, 0.15) is 16.7 Å². The summed E-state index contributed by atoms with van der Waals surface area (Å²) in [5.74, 6) is -0.859. The molecule has 1 aromatic heterocycles. The summed E-state index contributed by atoms with van der Waals surface area (Å²) < 4.78 is 1.97. The van der Waals surface area contributed by atoms with Gasteiger partial charge in [-0.3, -0.25) is 19.3 Å². The molecule has 0 saturated carbocycles. The fourth-order valence-electron chi connectivity index (χ4n) is 3.66. The summed E-state index contributed by atoms with van der Waals surface area (Å²) in [5.41, 5.74) is 4.59. The monoisotopic (exact) mass is 419 g/mol. The highest BCUT2D eigenvalue weighted by Crippen LogP contribution is 2.34. The topological polar surface area (TPSA) is 71.4 Å². The van der Waals surface area contributed by atoms with Crippen molar-refractivity contribution < 1.29 is 14.4 Å². The number of anilines is 1. The fourth-order valence-corrected chi connectivity index (χ4v) is 4.49. The number of amides is 3. The molecule has 0 spiro atoms. The van der Waals surface area contributed by atoms with Gasteiger partial charge < -0.3 is 9.88 Å². The number of carbonyl (C=O) groups excluding carboxylic acids is 3. The number of thioether (sulfide) groups is 1. The summed E-state index contributed by atoms with van der Waals surface area (Å²) in [5, 5.41) is 3.32. The number of aryl methyl sites for hydroxylation is 3. The predicted molar refractivity (Wildman–Crippen MR) is 120 cm³/mol. The number of hydrogen-bond donors (Lipinski definition) is 1. The summed E-state index contributed by atoms with van der Waals surface area (Å²) in [6.45, 7) is 3.57. The van der Waals surface area contributed by atoms with E-state index in [1.807, 2.05) is 74.1 Å². The molecule has 2 aromatic carbocycles. The zero-order valence-electron chi connectivity index (χ0n) is 16.9. The van der Waals surface area contributed by atoms with E-state index in [2.05, 4.69) is 5.32 Å². The summed E-state index contributed by atoms with van der Waals surface area (Å²) in [6.07, 6.45) is 3.64. The lowest BCUT2D eigenvalue weighted by Crippen LogP contribution is -2.36. The van der Waals surface area contributed by atoms with Crippen molar-refractivity contribution >= 4 is 51.5 Å². The molecule has 0 aliphatic carbocycles. The van der Waals surface area contributed by atoms with Crippen molar-refractivity contribution in [2.24, 2.45) is 7.05 Å². The summed E-state index contributed by atoms with van der Waals surface area (Å²) in [4.78, 5) is 38.9. The highest BCUT2D eigenvalue weighted by Gasteiger charge is 2.36. The molecule has 0 atom stereocenters. The summed E-state index contributed by atoms with van der Waals surface area (Å²) in [6, 6.07) is 13.6. The fraction of sp³-hybridized carbons (Fsp3) is 0.174. The third-order valence-corrected chi connectivity index (χ3v) is 5.80. The average molecular weight is 420 g/mol. The highest BCUT2D eigenvalue weighted by molar-refractivity contribution is 8.18. The molecule has 30 heavy (non-hydrogen) atoms. The number of rotatable bonds is 4. The molecule has 2 heterocycles. The number of carbonyl (C=O) groups is 3. The molecule has 152 valence electrons. The van der Waals surface area contributed by atoms with E-state index in [0.717, 1.165) is 44.3 Å². The molecule has 1 N–H and O–H groups in total. The zero-order valence-corrected chi connectivity index (χ0v) is 17.7. The maximum Gasteiger partial charge on any atom is 0.294 e. The molecular formula is C23H21N3O3S. The minimum Gasteiger partial charge on any atom is -0.350 e. The van der Waals surface area contributed by atoms with Crippen LogP contribution in [-0.4, -0.2) is 33.1 Å². The lowest BCUT2D eigenvalue weighted by Gasteiger charge is -2.13. The normalized spacial score (nSPS) is 15.4. The van der Waals surface area contributed by atoms with Gasteiger partial charge in [-0.1, -0.05) is 24.3 Å². The van der Waals surface area contributed by atoms with E-state index in [9.17, 15) is 14.4 Å². The van der Waals surface area contributed by atoms with Crippen molar-refractivity contribution in [3.05, 3.63) is 70.3 Å². The molecule has 0 bridgehead atoms. The second kappa shape index (κ2) is 7.84. The number of imide groups is 1. The van der Waals surface area contributed by atoms with Crippen LogP contribution in [0.25, 0.3) is 17.0 Å². The minimum absolute atomic E-state index is 0.315. The molecule has 6 nitrogen and oxygen atoms in total. The van der Waals surface area contributed by atoms with Crippen molar-refractivity contribution in [1.29, 1.82) is 0 Å². The Bertz CT molecular complexity index is 1210. The van der Waals surface area contributed by atoms with Gasteiger partial charge in [0.1, 0.15) is 6.54 Å². The van der Waals surface area contributed by atoms with Crippen molar-refractivity contribution in [1.82, 2.24) is 9.47 Å². The van der Waals surface area contributed by atoms with Crippen molar-refractivity contribution in [3.63, 3.8) is 0 Å². The Morgan fingerprint density at radius 3 is 2.53 bits per heavy atom. The number of benzene rings is 2. The Balaban J connectivity index is 1.52. The van der Waals surface area contributed by atoms with Gasteiger partial charge in [-0.2, -0.15) is 0 Å². The Morgan fingerprint density at radius 1 is 1.10 bits per heavy atom. The lowest BCUT2D eigenvalue weighted by atomic mass is 10.1. The first kappa shape index (κ1) is 20.0. The third-order valence-electron chi connectivity index (χ3n) is 4.90. The number of fused-ring (bicyclic) bond motifs is 1. The SMILES string of the molecule is Cc1cc(C)cc(NC(=O)CN2C(=O)S/C(=C/c3cn(C)c4ccccc34)C2=O)c1. The van der Waals surface area contributed by atoms with Crippen LogP contribution in [0.15, 0.2) is 53.6 Å². The Labute approximate surface area is 178 Å². The van der Waals surface area contributed by atoms with Gasteiger partial charge in [0.2, 0.25) is 5.91 Å². The Hall–Kier alpha value is -3.32. The van der Waals surface area contributed by atoms with Crippen molar-refractivity contribution in [2.75, 3.05) is 11.9 Å². The Kier molecular flexibility index (Phi) is 5.22. The van der Waals surface area contributed by atoms with Crippen molar-refractivity contribution in [3.8, 4) is 0 Å². The second-order valence-electron chi connectivity index (χ2n) is 7.40. The molecule has 3 aromatic rings. The van der Waals surface area contributed by atoms with E-state index in [4.69, 9.17) is 0 Å². The quantitative estimate of drug-likeness (QED) is 0.634. The van der Waals surface area contributed by atoms with Crippen LogP contribution in [0.4, 0.5) is 10.5 Å². The van der Waals surface area contributed by atoms with Gasteiger partial charge >= 0.3 is 0 Å². The highest BCUT2D eigenvalue weighted by atomic mass is 32.2. The Morgan fingerprint density at radius 2 is 1.80 bits per heavy atom. The van der Waals surface area contributed by atoms with Crippen LogP contribution < -0.4 is 5.32 Å². The van der Waals surface area contributed by atoms with E-state index in [1.54, 1.807) is 6.08 Å². The average Bonchev–Trinajstić information content (AvgIpc) is 3.13. The van der Waals surface area contributed by atoms with Gasteiger partial charge in [0.15, 0.2) is 0 Å². The predicted octanol–water partition coefficient (Wildman–Crippen LogP) is 4.47. The van der Waals surface area contributed by atoms with Crippen LogP contribution in [0.3, 0.4) is 0 Å². The smallest absolute Gasteiger partial charge is 0.294 e. The first-order valence-corrected chi connectivity index (χ1v) is 10.3. The van der Waals surface area contributed by atoms with Crippen LogP contribution >= 0.6 is 11.8 Å². The van der Waals surface area contributed by atoms with Crippen molar-refractivity contribution in [2.45, 2.75) is 13.8 Å². The summed E-state index contributed by atoms with van der Waals surface area (Å²) in [7, 11) is 1.93. The molecule has 0 radical (unpaired) electrons. The first-order valence-electron chi connectivity index (χ1n) is 9.49. The van der Waals surface area contributed by atoms with Gasteiger partial charge in [0.05, 0.1) is 4.91 Å². The molecule has 3 amide bonds. The lowest BCUT2D eigenvalue weighted by molar-refractivity contribution is -0.127. The molecular weight excluding hydrogens is 398 g/mol. The molecule has 1 aliphatic heterocycles. The van der Waals surface area contributed by atoms with Gasteiger partial charge in [0.25, 0.3) is 11.1 Å². The van der Waals surface area contributed by atoms with E-state index >= 15 is 0 Å². The minimum atomic E-state index is -0.450. The molecule has 1 aliphatic rings. The van der Waals surface area contributed by atoms with E-state index in [0.29, 0.717) is 10.6 Å². The molecule has 1 fully saturated rings. The molecule has 7 heteroatoms. The number of nitrogens with one attached hydrogen (secondary N) is 1. The van der Waals surface area contributed by atoms with Gasteiger partial charge in [0, 0.05) is 35.4 Å². The number of aromatic nitrogens is 1. The number of para-hydroxylation sites is 1. The van der Waals surface area contributed by atoms with Crippen LogP contribution in [0, 0.1) is 13.8 Å². The van der Waals surface area contributed by atoms with E-state index in [1.165, 1.54) is 0 Å². The maximum absolute atomic E-state index is 12.8. The van der Waals surface area contributed by atoms with Crippen LogP contribution in [-0.2, 0) is 16.6 Å². The summed E-state index contributed by atoms with van der Waals surface area (Å²) >= 11 is 0.857. The molecule has 4 rings (SSSR count). The number of hydrogen-bond acceptors (Lipinski definition) is 4. The molecule has 0 unspecified atom stereocenters. The van der Waals surface area contributed by atoms with Gasteiger partial charge in [-0.05, 0) is 61.0 Å². The third kappa shape index (κ3) is 3.89. The van der Waals surface area contributed by atoms with Crippen LogP contribution in [0.2, 0.25) is 0 Å². The first-order chi connectivity index (χ1) is 14.3. The standard InChI is InChI=1S/C23H21N3O3S/c1-14-8-15(2)10-17(9-14)24-21(27)13-26-22(28)20(30-23(26)29)11-16-12-25(3)19-7-5-4-6-18(16)19/h4-12H,13H2,1-3H3,(H,24,27)/b20-11+.